The summed E-state index contributed by atoms with van der Waals surface area (Å²) in [5.41, 5.74) is 3.07. The van der Waals surface area contributed by atoms with Gasteiger partial charge in [0.05, 0.1) is 37.7 Å². The average Bonchev–Trinajstić information content (AvgIpc) is 2.72. The lowest BCUT2D eigenvalue weighted by molar-refractivity contribution is 0.0453. The molecule has 29 heavy (non-hydrogen) atoms. The highest BCUT2D eigenvalue weighted by atomic mass is 16.5. The van der Waals surface area contributed by atoms with Crippen LogP contribution in [0.4, 0.5) is 0 Å². The lowest BCUT2D eigenvalue weighted by atomic mass is 10.1. The van der Waals surface area contributed by atoms with Gasteiger partial charge < -0.3 is 19.5 Å². The molecule has 7 heteroatoms. The van der Waals surface area contributed by atoms with E-state index in [4.69, 9.17) is 14.2 Å². The van der Waals surface area contributed by atoms with Crippen molar-refractivity contribution in [3.8, 4) is 0 Å². The largest absolute Gasteiger partial charge is 0.462 e. The number of aryl methyl sites for hydroxylation is 1. The number of amides is 1. The Labute approximate surface area is 171 Å². The van der Waals surface area contributed by atoms with E-state index in [0.717, 1.165) is 11.1 Å². The maximum absolute atomic E-state index is 12.4. The van der Waals surface area contributed by atoms with Gasteiger partial charge in [0.25, 0.3) is 5.91 Å². The topological polar surface area (TPSA) is 86.8 Å². The number of nitrogens with zero attached hydrogens (tertiary/aromatic N) is 1. The molecular formula is C22H28N2O5. The fourth-order valence-corrected chi connectivity index (χ4v) is 2.67. The normalized spacial score (nSPS) is 10.6. The number of aromatic nitrogens is 1. The standard InChI is InChI=1S/C22H28N2O5/c1-4-27-11-12-28-15-18-8-6-7-17(13-18)14-23-21(25)20-10-9-19(16(3)24-20)22(26)29-5-2/h6-10,13H,4-5,11-12,14-15H2,1-3H3,(H,23,25). The summed E-state index contributed by atoms with van der Waals surface area (Å²) in [4.78, 5) is 28.5. The molecule has 1 aromatic heterocycles. The van der Waals surface area contributed by atoms with E-state index in [1.165, 1.54) is 6.07 Å². The smallest absolute Gasteiger partial charge is 0.339 e. The van der Waals surface area contributed by atoms with Gasteiger partial charge in [-0.2, -0.15) is 0 Å². The van der Waals surface area contributed by atoms with Crippen molar-refractivity contribution in [2.75, 3.05) is 26.4 Å². The van der Waals surface area contributed by atoms with Crippen molar-refractivity contribution in [3.05, 3.63) is 64.5 Å². The number of pyridine rings is 1. The van der Waals surface area contributed by atoms with Crippen LogP contribution in [0.5, 0.6) is 0 Å². The van der Waals surface area contributed by atoms with Gasteiger partial charge in [-0.05, 0) is 44.0 Å². The first kappa shape index (κ1) is 22.5. The third-order valence-electron chi connectivity index (χ3n) is 4.10. The van der Waals surface area contributed by atoms with Crippen LogP contribution in [0.2, 0.25) is 0 Å². The van der Waals surface area contributed by atoms with E-state index >= 15 is 0 Å². The van der Waals surface area contributed by atoms with Crippen LogP contribution in [0.15, 0.2) is 36.4 Å². The lowest BCUT2D eigenvalue weighted by Gasteiger charge is -2.09. The van der Waals surface area contributed by atoms with E-state index in [0.29, 0.717) is 44.2 Å². The van der Waals surface area contributed by atoms with Crippen molar-refractivity contribution in [1.82, 2.24) is 10.3 Å². The first-order valence-electron chi connectivity index (χ1n) is 9.71. The first-order chi connectivity index (χ1) is 14.0. The second-order valence-corrected chi connectivity index (χ2v) is 6.30. The number of carbonyl (C=O) groups excluding carboxylic acids is 2. The quantitative estimate of drug-likeness (QED) is 0.461. The van der Waals surface area contributed by atoms with Crippen molar-refractivity contribution in [1.29, 1.82) is 0 Å². The molecule has 0 spiro atoms. The number of esters is 1. The van der Waals surface area contributed by atoms with E-state index in [1.54, 1.807) is 19.9 Å². The fourth-order valence-electron chi connectivity index (χ4n) is 2.67. The van der Waals surface area contributed by atoms with Crippen LogP contribution in [0, 0.1) is 6.92 Å². The number of hydrogen-bond acceptors (Lipinski definition) is 6. The Bertz CT molecular complexity index is 823. The monoisotopic (exact) mass is 400 g/mol. The van der Waals surface area contributed by atoms with E-state index in [9.17, 15) is 9.59 Å². The predicted molar refractivity (Wildman–Crippen MR) is 109 cm³/mol. The SMILES string of the molecule is CCOCCOCc1cccc(CNC(=O)c2ccc(C(=O)OCC)c(C)n2)c1. The third-order valence-corrected chi connectivity index (χ3v) is 4.10. The zero-order valence-electron chi connectivity index (χ0n) is 17.2. The van der Waals surface area contributed by atoms with Gasteiger partial charge in [0.1, 0.15) is 5.69 Å². The molecule has 2 rings (SSSR count). The zero-order valence-corrected chi connectivity index (χ0v) is 17.2. The number of benzene rings is 1. The van der Waals surface area contributed by atoms with Gasteiger partial charge in [0.2, 0.25) is 0 Å². The maximum atomic E-state index is 12.4. The summed E-state index contributed by atoms with van der Waals surface area (Å²) in [5.74, 6) is -0.744. The van der Waals surface area contributed by atoms with Gasteiger partial charge in [0, 0.05) is 13.2 Å². The number of hydrogen-bond donors (Lipinski definition) is 1. The Hall–Kier alpha value is -2.77. The number of ether oxygens (including phenoxy) is 3. The highest BCUT2D eigenvalue weighted by Crippen LogP contribution is 2.10. The molecule has 156 valence electrons. The molecule has 2 aromatic rings. The number of carbonyl (C=O) groups is 2. The van der Waals surface area contributed by atoms with Gasteiger partial charge in [-0.3, -0.25) is 4.79 Å². The van der Waals surface area contributed by atoms with Crippen LogP contribution in [0.3, 0.4) is 0 Å². The summed E-state index contributed by atoms with van der Waals surface area (Å²) in [5, 5.41) is 2.85. The highest BCUT2D eigenvalue weighted by molar-refractivity contribution is 5.95. The van der Waals surface area contributed by atoms with E-state index in [-0.39, 0.29) is 18.2 Å². The van der Waals surface area contributed by atoms with Crippen LogP contribution in [-0.4, -0.2) is 43.3 Å². The summed E-state index contributed by atoms with van der Waals surface area (Å²) < 4.78 is 15.8. The van der Waals surface area contributed by atoms with Crippen LogP contribution in [0.1, 0.15) is 51.5 Å². The highest BCUT2D eigenvalue weighted by Gasteiger charge is 2.14. The summed E-state index contributed by atoms with van der Waals surface area (Å²) in [6.07, 6.45) is 0. The molecule has 0 bridgehead atoms. The fraction of sp³-hybridized carbons (Fsp3) is 0.409. The van der Waals surface area contributed by atoms with Gasteiger partial charge in [-0.25, -0.2) is 9.78 Å². The molecule has 0 aliphatic rings. The minimum absolute atomic E-state index is 0.256. The summed E-state index contributed by atoms with van der Waals surface area (Å²) in [6.45, 7) is 8.31. The molecule has 0 fully saturated rings. The Morgan fingerprint density at radius 2 is 1.76 bits per heavy atom. The van der Waals surface area contributed by atoms with Crippen molar-refractivity contribution in [2.45, 2.75) is 33.9 Å². The number of nitrogens with one attached hydrogen (secondary N) is 1. The van der Waals surface area contributed by atoms with Gasteiger partial charge in [-0.1, -0.05) is 24.3 Å². The maximum Gasteiger partial charge on any atom is 0.339 e. The van der Waals surface area contributed by atoms with Gasteiger partial charge in [-0.15, -0.1) is 0 Å². The molecule has 1 aromatic carbocycles. The van der Waals surface area contributed by atoms with E-state index in [2.05, 4.69) is 10.3 Å². The van der Waals surface area contributed by atoms with Gasteiger partial charge in [0.15, 0.2) is 0 Å². The molecule has 0 atom stereocenters. The van der Waals surface area contributed by atoms with Gasteiger partial charge >= 0.3 is 5.97 Å². The molecule has 0 radical (unpaired) electrons. The van der Waals surface area contributed by atoms with E-state index in [1.807, 2.05) is 31.2 Å². The molecule has 1 N–H and O–H groups in total. The molecule has 0 aliphatic heterocycles. The second kappa shape index (κ2) is 11.9. The predicted octanol–water partition coefficient (Wildman–Crippen LogP) is 3.05. The van der Waals surface area contributed by atoms with Crippen molar-refractivity contribution < 1.29 is 23.8 Å². The lowest BCUT2D eigenvalue weighted by Crippen LogP contribution is -2.24. The van der Waals surface area contributed by atoms with Crippen molar-refractivity contribution in [3.63, 3.8) is 0 Å². The van der Waals surface area contributed by atoms with Crippen LogP contribution in [-0.2, 0) is 27.4 Å². The first-order valence-corrected chi connectivity index (χ1v) is 9.71. The minimum Gasteiger partial charge on any atom is -0.462 e. The Kier molecular flexibility index (Phi) is 9.27. The number of rotatable bonds is 11. The molecule has 0 unspecified atom stereocenters. The zero-order chi connectivity index (χ0) is 21.1. The van der Waals surface area contributed by atoms with Crippen molar-refractivity contribution in [2.24, 2.45) is 0 Å². The van der Waals surface area contributed by atoms with Crippen LogP contribution < -0.4 is 5.32 Å². The minimum atomic E-state index is -0.440. The molecular weight excluding hydrogens is 372 g/mol. The molecule has 0 aliphatic carbocycles. The average molecular weight is 400 g/mol. The second-order valence-electron chi connectivity index (χ2n) is 6.30. The Balaban J connectivity index is 1.89. The van der Waals surface area contributed by atoms with Crippen LogP contribution in [0.25, 0.3) is 0 Å². The molecule has 0 saturated carbocycles. The molecule has 7 nitrogen and oxygen atoms in total. The molecule has 0 saturated heterocycles. The summed E-state index contributed by atoms with van der Waals surface area (Å²) >= 11 is 0. The third kappa shape index (κ3) is 7.29. The van der Waals surface area contributed by atoms with Crippen LogP contribution >= 0.6 is 0 Å². The van der Waals surface area contributed by atoms with Crippen molar-refractivity contribution >= 4 is 11.9 Å². The summed E-state index contributed by atoms with van der Waals surface area (Å²) in [6, 6.07) is 10.9. The summed E-state index contributed by atoms with van der Waals surface area (Å²) in [7, 11) is 0. The Morgan fingerprint density at radius 1 is 1.00 bits per heavy atom. The Morgan fingerprint density at radius 3 is 2.48 bits per heavy atom. The molecule has 1 heterocycles. The molecule has 1 amide bonds. The van der Waals surface area contributed by atoms with E-state index < -0.39 is 5.97 Å².